The number of anilines is 1. The third-order valence-corrected chi connectivity index (χ3v) is 2.41. The zero-order valence-corrected chi connectivity index (χ0v) is 8.03. The number of hydrogen-bond donors (Lipinski definition) is 3. The van der Waals surface area contributed by atoms with E-state index >= 15 is 0 Å². The Hall–Kier alpha value is -1.18. The van der Waals surface area contributed by atoms with E-state index in [9.17, 15) is 10.1 Å². The van der Waals surface area contributed by atoms with Crippen LogP contribution in [0.3, 0.4) is 0 Å². The maximum absolute atomic E-state index is 10.5. The van der Waals surface area contributed by atoms with Crippen molar-refractivity contribution in [3.05, 3.63) is 21.6 Å². The quantitative estimate of drug-likeness (QED) is 0.491. The van der Waals surface area contributed by atoms with Gasteiger partial charge in [-0.1, -0.05) is 0 Å². The van der Waals surface area contributed by atoms with E-state index in [4.69, 9.17) is 10.2 Å². The number of nitrogens with one attached hydrogen (secondary N) is 1. The first-order valence-electron chi connectivity index (χ1n) is 3.90. The SMILES string of the molecule is O=[N+]([O-])c1ccsc1NC[C@@H](O)CO. The lowest BCUT2D eigenvalue weighted by molar-refractivity contribution is -0.383. The number of thiophene rings is 1. The zero-order chi connectivity index (χ0) is 10.6. The highest BCUT2D eigenvalue weighted by Crippen LogP contribution is 2.29. The number of nitro groups is 1. The van der Waals surface area contributed by atoms with Gasteiger partial charge in [0.2, 0.25) is 0 Å². The molecular weight excluding hydrogens is 208 g/mol. The van der Waals surface area contributed by atoms with Gasteiger partial charge >= 0.3 is 5.69 Å². The average molecular weight is 218 g/mol. The Morgan fingerprint density at radius 3 is 3.00 bits per heavy atom. The van der Waals surface area contributed by atoms with E-state index in [-0.39, 0.29) is 18.8 Å². The molecule has 0 fully saturated rings. The highest BCUT2D eigenvalue weighted by atomic mass is 32.1. The number of aliphatic hydroxyl groups is 2. The van der Waals surface area contributed by atoms with Crippen molar-refractivity contribution in [2.75, 3.05) is 18.5 Å². The average Bonchev–Trinajstić information content (AvgIpc) is 2.62. The Bertz CT molecular complexity index is 314. The maximum atomic E-state index is 10.5. The molecule has 0 aliphatic carbocycles. The van der Waals surface area contributed by atoms with E-state index in [0.29, 0.717) is 5.00 Å². The third-order valence-electron chi connectivity index (χ3n) is 1.55. The van der Waals surface area contributed by atoms with Crippen LogP contribution in [0, 0.1) is 10.1 Å². The van der Waals surface area contributed by atoms with Crippen LogP contribution in [0.15, 0.2) is 11.4 Å². The Labute approximate surface area is 84.0 Å². The lowest BCUT2D eigenvalue weighted by atomic mass is 10.4. The van der Waals surface area contributed by atoms with Gasteiger partial charge in [-0.2, -0.15) is 0 Å². The fourth-order valence-corrected chi connectivity index (χ4v) is 1.62. The standard InChI is InChI=1S/C7H10N2O4S/c10-4-5(11)3-8-7-6(9(12)13)1-2-14-7/h1-2,5,8,10-11H,3-4H2/t5-/m1/s1. The first kappa shape index (κ1) is 10.9. The minimum atomic E-state index is -0.906. The van der Waals surface area contributed by atoms with E-state index in [1.165, 1.54) is 17.4 Å². The van der Waals surface area contributed by atoms with Crippen LogP contribution in [0.1, 0.15) is 0 Å². The van der Waals surface area contributed by atoms with Crippen molar-refractivity contribution < 1.29 is 15.1 Å². The molecule has 0 saturated carbocycles. The molecule has 0 spiro atoms. The fraction of sp³-hybridized carbons (Fsp3) is 0.429. The largest absolute Gasteiger partial charge is 0.394 e. The van der Waals surface area contributed by atoms with Crippen molar-refractivity contribution in [1.82, 2.24) is 0 Å². The molecule has 0 aromatic carbocycles. The predicted octanol–water partition coefficient (Wildman–Crippen LogP) is 0.421. The molecule has 78 valence electrons. The van der Waals surface area contributed by atoms with Gasteiger partial charge in [0.1, 0.15) is 0 Å². The van der Waals surface area contributed by atoms with Gasteiger partial charge in [0.05, 0.1) is 17.6 Å². The molecule has 1 aromatic rings. The molecule has 0 radical (unpaired) electrons. The van der Waals surface area contributed by atoms with Gasteiger partial charge in [-0.05, 0) is 5.38 Å². The van der Waals surface area contributed by atoms with Crippen molar-refractivity contribution in [2.45, 2.75) is 6.10 Å². The van der Waals surface area contributed by atoms with Gasteiger partial charge in [-0.3, -0.25) is 10.1 Å². The van der Waals surface area contributed by atoms with Crippen molar-refractivity contribution >= 4 is 22.0 Å². The Morgan fingerprint density at radius 1 is 1.71 bits per heavy atom. The topological polar surface area (TPSA) is 95.6 Å². The number of aliphatic hydroxyl groups excluding tert-OH is 2. The van der Waals surface area contributed by atoms with Crippen molar-refractivity contribution in [2.24, 2.45) is 0 Å². The Morgan fingerprint density at radius 2 is 2.43 bits per heavy atom. The summed E-state index contributed by atoms with van der Waals surface area (Å²) in [5.74, 6) is 0. The zero-order valence-electron chi connectivity index (χ0n) is 7.21. The van der Waals surface area contributed by atoms with E-state index in [2.05, 4.69) is 5.32 Å². The Balaban J connectivity index is 2.58. The van der Waals surface area contributed by atoms with Gasteiger partial charge in [0.25, 0.3) is 0 Å². The molecule has 0 aliphatic heterocycles. The minimum Gasteiger partial charge on any atom is -0.394 e. The summed E-state index contributed by atoms with van der Waals surface area (Å²) >= 11 is 1.18. The molecular formula is C7H10N2O4S. The summed E-state index contributed by atoms with van der Waals surface area (Å²) in [7, 11) is 0. The normalized spacial score (nSPS) is 12.4. The first-order chi connectivity index (χ1) is 6.65. The number of rotatable bonds is 5. The molecule has 7 heteroatoms. The van der Waals surface area contributed by atoms with Crippen LogP contribution in [0.5, 0.6) is 0 Å². The van der Waals surface area contributed by atoms with Crippen LogP contribution in [-0.4, -0.2) is 34.4 Å². The van der Waals surface area contributed by atoms with Crippen LogP contribution >= 0.6 is 11.3 Å². The molecule has 0 aliphatic rings. The van der Waals surface area contributed by atoms with E-state index in [1.54, 1.807) is 5.38 Å². The van der Waals surface area contributed by atoms with Gasteiger partial charge in [0, 0.05) is 12.6 Å². The molecule has 0 saturated heterocycles. The predicted molar refractivity (Wildman–Crippen MR) is 52.6 cm³/mol. The third kappa shape index (κ3) is 2.66. The molecule has 0 amide bonds. The van der Waals surface area contributed by atoms with Gasteiger partial charge in [-0.25, -0.2) is 0 Å². The number of nitrogens with zero attached hydrogens (tertiary/aromatic N) is 1. The summed E-state index contributed by atoms with van der Waals surface area (Å²) in [4.78, 5) is 9.96. The second kappa shape index (κ2) is 4.89. The fourth-order valence-electron chi connectivity index (χ4n) is 0.854. The molecule has 1 rings (SSSR count). The summed E-state index contributed by atoms with van der Waals surface area (Å²) < 4.78 is 0. The van der Waals surface area contributed by atoms with Crippen LogP contribution in [0.4, 0.5) is 10.7 Å². The van der Waals surface area contributed by atoms with Gasteiger partial charge < -0.3 is 15.5 Å². The van der Waals surface area contributed by atoms with Crippen molar-refractivity contribution in [3.63, 3.8) is 0 Å². The molecule has 6 nitrogen and oxygen atoms in total. The van der Waals surface area contributed by atoms with Crippen molar-refractivity contribution in [3.8, 4) is 0 Å². The highest BCUT2D eigenvalue weighted by Gasteiger charge is 2.15. The molecule has 14 heavy (non-hydrogen) atoms. The van der Waals surface area contributed by atoms with E-state index in [0.717, 1.165) is 0 Å². The lowest BCUT2D eigenvalue weighted by Crippen LogP contribution is -2.22. The molecule has 0 unspecified atom stereocenters. The van der Waals surface area contributed by atoms with Crippen LogP contribution < -0.4 is 5.32 Å². The Kier molecular flexibility index (Phi) is 3.81. The van der Waals surface area contributed by atoms with Crippen molar-refractivity contribution in [1.29, 1.82) is 0 Å². The smallest absolute Gasteiger partial charge is 0.303 e. The number of hydrogen-bond acceptors (Lipinski definition) is 6. The van der Waals surface area contributed by atoms with Crippen LogP contribution in [0.25, 0.3) is 0 Å². The second-order valence-electron chi connectivity index (χ2n) is 2.61. The molecule has 1 atom stereocenters. The van der Waals surface area contributed by atoms with E-state index < -0.39 is 11.0 Å². The monoisotopic (exact) mass is 218 g/mol. The summed E-state index contributed by atoms with van der Waals surface area (Å²) in [6, 6.07) is 1.39. The molecule has 1 aromatic heterocycles. The molecule has 1 heterocycles. The molecule has 3 N–H and O–H groups in total. The highest BCUT2D eigenvalue weighted by molar-refractivity contribution is 7.14. The van der Waals surface area contributed by atoms with Crippen LogP contribution in [-0.2, 0) is 0 Å². The lowest BCUT2D eigenvalue weighted by Gasteiger charge is -2.07. The summed E-state index contributed by atoms with van der Waals surface area (Å²) in [5.41, 5.74) is -0.0138. The minimum absolute atomic E-state index is 0.0138. The van der Waals surface area contributed by atoms with Gasteiger partial charge in [-0.15, -0.1) is 11.3 Å². The maximum Gasteiger partial charge on any atom is 0.303 e. The summed E-state index contributed by atoms with van der Waals surface area (Å²) in [6.07, 6.45) is -0.906. The summed E-state index contributed by atoms with van der Waals surface area (Å²) in [6.45, 7) is -0.274. The first-order valence-corrected chi connectivity index (χ1v) is 4.77. The van der Waals surface area contributed by atoms with E-state index in [1.807, 2.05) is 0 Å². The second-order valence-corrected chi connectivity index (χ2v) is 3.53. The van der Waals surface area contributed by atoms with Crippen LogP contribution in [0.2, 0.25) is 0 Å². The van der Waals surface area contributed by atoms with Gasteiger partial charge in [0.15, 0.2) is 5.00 Å². The molecule has 0 bridgehead atoms. The summed E-state index contributed by atoms with van der Waals surface area (Å²) in [5, 5.41) is 32.7.